The van der Waals surface area contributed by atoms with Crippen molar-refractivity contribution in [2.75, 3.05) is 6.61 Å². The van der Waals surface area contributed by atoms with Crippen molar-refractivity contribution in [3.8, 4) is 16.3 Å². The van der Waals surface area contributed by atoms with Crippen molar-refractivity contribution in [2.45, 2.75) is 0 Å². The fourth-order valence-corrected chi connectivity index (χ4v) is 4.10. The maximum absolute atomic E-state index is 12.9. The first-order valence-corrected chi connectivity index (χ1v) is 10.5. The van der Waals surface area contributed by atoms with E-state index in [0.29, 0.717) is 11.3 Å². The van der Waals surface area contributed by atoms with Gasteiger partial charge in [0.15, 0.2) is 12.3 Å². The molecule has 3 aromatic heterocycles. The van der Waals surface area contributed by atoms with Gasteiger partial charge in [-0.1, -0.05) is 42.5 Å². The van der Waals surface area contributed by atoms with Crippen LogP contribution in [0, 0.1) is 0 Å². The Morgan fingerprint density at radius 1 is 1.00 bits per heavy atom. The number of nitrogens with zero attached hydrogens (tertiary/aromatic N) is 2. The summed E-state index contributed by atoms with van der Waals surface area (Å²) in [6.07, 6.45) is 1.64. The molecule has 152 valence electrons. The molecule has 0 spiro atoms. The number of nitrogens with one attached hydrogen (secondary N) is 1. The van der Waals surface area contributed by atoms with E-state index in [-0.39, 0.29) is 18.1 Å². The molecule has 31 heavy (non-hydrogen) atoms. The Bertz CT molecular complexity index is 1370. The predicted molar refractivity (Wildman–Crippen MR) is 120 cm³/mol. The maximum atomic E-state index is 12.9. The van der Waals surface area contributed by atoms with Gasteiger partial charge in [-0.25, -0.2) is 9.48 Å². The molecule has 7 heteroatoms. The van der Waals surface area contributed by atoms with Gasteiger partial charge in [-0.05, 0) is 29.6 Å². The van der Waals surface area contributed by atoms with Gasteiger partial charge in [0, 0.05) is 28.7 Å². The Labute approximate surface area is 181 Å². The average Bonchev–Trinajstić information content (AvgIpc) is 3.56. The highest BCUT2D eigenvalue weighted by Gasteiger charge is 2.21. The number of fused-ring (bicyclic) bond motifs is 1. The first-order valence-electron chi connectivity index (χ1n) is 9.66. The zero-order valence-corrected chi connectivity index (χ0v) is 17.1. The molecule has 0 aliphatic heterocycles. The molecule has 2 aromatic carbocycles. The smallest absolute Gasteiger partial charge is 0.357 e. The Hall–Kier alpha value is -3.97. The first kappa shape index (κ1) is 19.0. The lowest BCUT2D eigenvalue weighted by atomic mass is 10.1. The standard InChI is InChI=1S/C24H17N3O3S/c28-22(18-14-25-19-10-5-4-9-17(18)19)15-30-24(29)21-13-20(23-11-6-12-31-23)26-27(21)16-7-2-1-3-8-16/h1-14,25H,15H2. The van der Waals surface area contributed by atoms with Crippen LogP contribution in [-0.4, -0.2) is 33.1 Å². The van der Waals surface area contributed by atoms with Crippen molar-refractivity contribution in [2.24, 2.45) is 0 Å². The first-order chi connectivity index (χ1) is 15.2. The van der Waals surface area contributed by atoms with E-state index < -0.39 is 5.97 Å². The lowest BCUT2D eigenvalue weighted by Gasteiger charge is -2.07. The molecule has 1 N–H and O–H groups in total. The molecule has 0 saturated carbocycles. The van der Waals surface area contributed by atoms with Crippen LogP contribution in [0.5, 0.6) is 0 Å². The fraction of sp³-hybridized carbons (Fsp3) is 0.0417. The van der Waals surface area contributed by atoms with E-state index in [1.54, 1.807) is 16.9 Å². The number of ether oxygens (including phenoxy) is 1. The minimum absolute atomic E-state index is 0.265. The molecule has 0 amide bonds. The van der Waals surface area contributed by atoms with Gasteiger partial charge in [0.25, 0.3) is 0 Å². The van der Waals surface area contributed by atoms with Crippen LogP contribution < -0.4 is 0 Å². The molecule has 6 nitrogen and oxygen atoms in total. The molecule has 0 fully saturated rings. The number of carbonyl (C=O) groups is 2. The zero-order chi connectivity index (χ0) is 21.2. The Morgan fingerprint density at radius 2 is 1.81 bits per heavy atom. The number of aromatic nitrogens is 3. The molecular formula is C24H17N3O3S. The number of H-pyrrole nitrogens is 1. The third kappa shape index (κ3) is 3.67. The van der Waals surface area contributed by atoms with E-state index in [1.165, 1.54) is 11.3 Å². The molecule has 0 saturated heterocycles. The molecule has 5 rings (SSSR count). The molecule has 0 aliphatic carbocycles. The highest BCUT2D eigenvalue weighted by Crippen LogP contribution is 2.26. The lowest BCUT2D eigenvalue weighted by Crippen LogP contribution is -2.17. The van der Waals surface area contributed by atoms with Gasteiger partial charge in [-0.15, -0.1) is 11.3 Å². The maximum Gasteiger partial charge on any atom is 0.357 e. The minimum Gasteiger partial charge on any atom is -0.453 e. The molecule has 0 radical (unpaired) electrons. The van der Waals surface area contributed by atoms with E-state index in [0.717, 1.165) is 21.5 Å². The number of carbonyl (C=O) groups excluding carboxylic acids is 2. The van der Waals surface area contributed by atoms with Crippen LogP contribution in [0.2, 0.25) is 0 Å². The topological polar surface area (TPSA) is 77.0 Å². The Kier molecular flexibility index (Phi) is 4.93. The summed E-state index contributed by atoms with van der Waals surface area (Å²) in [6, 6.07) is 22.4. The third-order valence-electron chi connectivity index (χ3n) is 4.92. The number of hydrogen-bond acceptors (Lipinski definition) is 5. The average molecular weight is 427 g/mol. The molecule has 5 aromatic rings. The van der Waals surface area contributed by atoms with E-state index in [1.807, 2.05) is 72.1 Å². The summed E-state index contributed by atoms with van der Waals surface area (Å²) in [6.45, 7) is -0.352. The molecule has 0 aliphatic rings. The second-order valence-corrected chi connectivity index (χ2v) is 7.83. The van der Waals surface area contributed by atoms with E-state index >= 15 is 0 Å². The highest BCUT2D eigenvalue weighted by atomic mass is 32.1. The number of rotatable bonds is 6. The van der Waals surface area contributed by atoms with Gasteiger partial charge >= 0.3 is 5.97 Å². The second kappa shape index (κ2) is 8.04. The number of hydrogen-bond donors (Lipinski definition) is 1. The molecule has 0 bridgehead atoms. The van der Waals surface area contributed by atoms with Crippen LogP contribution in [0.3, 0.4) is 0 Å². The Morgan fingerprint density at radius 3 is 2.61 bits per heavy atom. The lowest BCUT2D eigenvalue weighted by molar-refractivity contribution is 0.0466. The largest absolute Gasteiger partial charge is 0.453 e. The predicted octanol–water partition coefficient (Wildman–Crippen LogP) is 5.12. The monoisotopic (exact) mass is 427 g/mol. The molecule has 0 atom stereocenters. The highest BCUT2D eigenvalue weighted by molar-refractivity contribution is 7.13. The summed E-state index contributed by atoms with van der Waals surface area (Å²) in [5, 5.41) is 7.35. The van der Waals surface area contributed by atoms with Gasteiger partial charge in [-0.3, -0.25) is 4.79 Å². The SMILES string of the molecule is O=C(COC(=O)c1cc(-c2cccs2)nn1-c1ccccc1)c1c[nH]c2ccccc12. The van der Waals surface area contributed by atoms with Gasteiger partial charge in [0.05, 0.1) is 10.6 Å². The normalized spacial score (nSPS) is 11.0. The summed E-state index contributed by atoms with van der Waals surface area (Å²) in [4.78, 5) is 29.6. The third-order valence-corrected chi connectivity index (χ3v) is 5.81. The van der Waals surface area contributed by atoms with Gasteiger partial charge in [0.1, 0.15) is 5.69 Å². The quantitative estimate of drug-likeness (QED) is 0.301. The van der Waals surface area contributed by atoms with Crippen molar-refractivity contribution >= 4 is 34.0 Å². The van der Waals surface area contributed by atoms with Crippen LogP contribution >= 0.6 is 11.3 Å². The van der Waals surface area contributed by atoms with E-state index in [4.69, 9.17) is 4.74 Å². The van der Waals surface area contributed by atoms with Crippen molar-refractivity contribution < 1.29 is 14.3 Å². The number of thiophene rings is 1. The molecular weight excluding hydrogens is 410 g/mol. The summed E-state index contributed by atoms with van der Waals surface area (Å²) in [5.74, 6) is -0.873. The van der Waals surface area contributed by atoms with Crippen LogP contribution in [0.15, 0.2) is 84.4 Å². The number of para-hydroxylation sites is 2. The summed E-state index contributed by atoms with van der Waals surface area (Å²) < 4.78 is 6.94. The van der Waals surface area contributed by atoms with Crippen LogP contribution in [-0.2, 0) is 4.74 Å². The number of benzene rings is 2. The molecule has 0 unspecified atom stereocenters. The van der Waals surface area contributed by atoms with Crippen LogP contribution in [0.4, 0.5) is 0 Å². The summed E-state index contributed by atoms with van der Waals surface area (Å²) >= 11 is 1.54. The number of aromatic amines is 1. The van der Waals surface area contributed by atoms with E-state index in [9.17, 15) is 9.59 Å². The number of ketones is 1. The van der Waals surface area contributed by atoms with Crippen LogP contribution in [0.25, 0.3) is 27.2 Å². The van der Waals surface area contributed by atoms with Crippen molar-refractivity contribution in [1.29, 1.82) is 0 Å². The van der Waals surface area contributed by atoms with Crippen LogP contribution in [0.1, 0.15) is 20.8 Å². The van der Waals surface area contributed by atoms with Gasteiger partial charge in [-0.2, -0.15) is 5.10 Å². The van der Waals surface area contributed by atoms with Gasteiger partial charge < -0.3 is 9.72 Å². The van der Waals surface area contributed by atoms with Crippen molar-refractivity contribution in [3.05, 3.63) is 95.6 Å². The fourth-order valence-electron chi connectivity index (χ4n) is 3.42. The minimum atomic E-state index is -0.604. The van der Waals surface area contributed by atoms with Crippen molar-refractivity contribution in [3.63, 3.8) is 0 Å². The van der Waals surface area contributed by atoms with Crippen molar-refractivity contribution in [1.82, 2.24) is 14.8 Å². The number of esters is 1. The second-order valence-electron chi connectivity index (χ2n) is 6.89. The van der Waals surface area contributed by atoms with E-state index in [2.05, 4.69) is 10.1 Å². The summed E-state index contributed by atoms with van der Waals surface area (Å²) in [7, 11) is 0. The Balaban J connectivity index is 1.41. The van der Waals surface area contributed by atoms with Gasteiger partial charge in [0.2, 0.25) is 5.78 Å². The number of Topliss-reactive ketones (excluding diaryl/α,β-unsaturated/α-hetero) is 1. The zero-order valence-electron chi connectivity index (χ0n) is 16.3. The summed E-state index contributed by atoms with van der Waals surface area (Å²) in [5.41, 5.74) is 3.04. The molecule has 3 heterocycles.